The van der Waals surface area contributed by atoms with Gasteiger partial charge in [0.1, 0.15) is 18.5 Å². The number of ether oxygens (including phenoxy) is 2. The van der Waals surface area contributed by atoms with E-state index in [0.717, 1.165) is 16.6 Å². The Kier molecular flexibility index (Phi) is 5.66. The van der Waals surface area contributed by atoms with Crippen molar-refractivity contribution < 1.29 is 14.6 Å². The van der Waals surface area contributed by atoms with Gasteiger partial charge in [-0.1, -0.05) is 35.8 Å². The predicted molar refractivity (Wildman–Crippen MR) is 86.6 cm³/mol. The topological polar surface area (TPSA) is 50.7 Å². The molecule has 0 saturated heterocycles. The molecule has 5 heteroatoms. The minimum atomic E-state index is -0.527. The van der Waals surface area contributed by atoms with E-state index in [1.807, 2.05) is 24.3 Å². The molecule has 1 saturated carbocycles. The van der Waals surface area contributed by atoms with E-state index < -0.39 is 6.10 Å². The van der Waals surface area contributed by atoms with Gasteiger partial charge in [-0.3, -0.25) is 0 Å². The second kappa shape index (κ2) is 7.09. The molecule has 0 aromatic heterocycles. The Morgan fingerprint density at radius 2 is 2.24 bits per heavy atom. The van der Waals surface area contributed by atoms with Gasteiger partial charge in [0, 0.05) is 29.6 Å². The number of nitrogens with one attached hydrogen (secondary N) is 1. The first kappa shape index (κ1) is 16.7. The Morgan fingerprint density at radius 3 is 2.86 bits per heavy atom. The lowest BCUT2D eigenvalue weighted by atomic mass is 9.64. The van der Waals surface area contributed by atoms with Crippen LogP contribution in [-0.2, 0) is 4.74 Å². The smallest absolute Gasteiger partial charge is 0.120 e. The molecule has 21 heavy (non-hydrogen) atoms. The molecule has 2 N–H and O–H groups in total. The maximum atomic E-state index is 10.0. The number of benzene rings is 1. The molecule has 0 amide bonds. The van der Waals surface area contributed by atoms with E-state index in [9.17, 15) is 5.11 Å². The Labute approximate surface area is 135 Å². The van der Waals surface area contributed by atoms with Crippen molar-refractivity contribution in [3.05, 3.63) is 28.7 Å². The summed E-state index contributed by atoms with van der Waals surface area (Å²) in [6.45, 7) is 5.18. The molecular weight excluding hydrogens is 334 g/mol. The van der Waals surface area contributed by atoms with Gasteiger partial charge in [-0.2, -0.15) is 0 Å². The molecule has 0 heterocycles. The molecule has 0 radical (unpaired) electrons. The van der Waals surface area contributed by atoms with Crippen LogP contribution in [0.3, 0.4) is 0 Å². The van der Waals surface area contributed by atoms with E-state index in [0.29, 0.717) is 18.7 Å². The number of aliphatic hydroxyl groups excluding tert-OH is 1. The third-order valence-corrected chi connectivity index (χ3v) is 4.79. The fourth-order valence-corrected chi connectivity index (χ4v) is 3.10. The van der Waals surface area contributed by atoms with Crippen LogP contribution in [0.25, 0.3) is 0 Å². The van der Waals surface area contributed by atoms with Gasteiger partial charge in [0.25, 0.3) is 0 Å². The molecule has 1 aliphatic rings. The van der Waals surface area contributed by atoms with E-state index in [2.05, 4.69) is 35.1 Å². The second-order valence-electron chi connectivity index (χ2n) is 6.16. The van der Waals surface area contributed by atoms with Gasteiger partial charge in [0.2, 0.25) is 0 Å². The molecule has 0 aliphatic heterocycles. The van der Waals surface area contributed by atoms with Crippen molar-refractivity contribution in [3.63, 3.8) is 0 Å². The third kappa shape index (κ3) is 4.19. The lowest BCUT2D eigenvalue weighted by molar-refractivity contribution is -0.0996. The van der Waals surface area contributed by atoms with Crippen molar-refractivity contribution in [2.24, 2.45) is 5.41 Å². The highest BCUT2D eigenvalue weighted by molar-refractivity contribution is 9.10. The van der Waals surface area contributed by atoms with Crippen molar-refractivity contribution in [1.29, 1.82) is 0 Å². The molecule has 0 bridgehead atoms. The Bertz CT molecular complexity index is 467. The largest absolute Gasteiger partial charge is 0.491 e. The number of rotatable bonds is 7. The number of methoxy groups -OCH3 is 1. The van der Waals surface area contributed by atoms with Crippen LogP contribution in [0.1, 0.15) is 20.3 Å². The van der Waals surface area contributed by atoms with Crippen molar-refractivity contribution >= 4 is 15.9 Å². The molecule has 1 aromatic carbocycles. The van der Waals surface area contributed by atoms with Gasteiger partial charge in [-0.05, 0) is 24.6 Å². The van der Waals surface area contributed by atoms with E-state index in [4.69, 9.17) is 9.47 Å². The van der Waals surface area contributed by atoms with Crippen LogP contribution >= 0.6 is 15.9 Å². The normalized spacial score (nSPS) is 25.2. The first-order chi connectivity index (χ1) is 9.93. The quantitative estimate of drug-likeness (QED) is 0.787. The Morgan fingerprint density at radius 1 is 1.48 bits per heavy atom. The highest BCUT2D eigenvalue weighted by Gasteiger charge is 2.48. The maximum Gasteiger partial charge on any atom is 0.120 e. The molecule has 118 valence electrons. The van der Waals surface area contributed by atoms with E-state index >= 15 is 0 Å². The highest BCUT2D eigenvalue weighted by Crippen LogP contribution is 2.42. The summed E-state index contributed by atoms with van der Waals surface area (Å²) in [7, 11) is 1.75. The maximum absolute atomic E-state index is 10.0. The number of aliphatic hydroxyl groups is 1. The average Bonchev–Trinajstić information content (AvgIpc) is 2.44. The first-order valence-corrected chi connectivity index (χ1v) is 8.05. The summed E-state index contributed by atoms with van der Waals surface area (Å²) in [5.41, 5.74) is 0.111. The summed E-state index contributed by atoms with van der Waals surface area (Å²) in [6.07, 6.45) is 0.759. The average molecular weight is 358 g/mol. The fraction of sp³-hybridized carbons (Fsp3) is 0.625. The molecular formula is C16H24BrNO3. The zero-order valence-electron chi connectivity index (χ0n) is 12.8. The van der Waals surface area contributed by atoms with Crippen LogP contribution in [0.2, 0.25) is 0 Å². The summed E-state index contributed by atoms with van der Waals surface area (Å²) in [4.78, 5) is 0. The lowest BCUT2D eigenvalue weighted by Crippen LogP contribution is -2.61. The summed E-state index contributed by atoms with van der Waals surface area (Å²) >= 11 is 3.39. The minimum Gasteiger partial charge on any atom is -0.491 e. The summed E-state index contributed by atoms with van der Waals surface area (Å²) in [5.74, 6) is 0.756. The second-order valence-corrected chi connectivity index (χ2v) is 7.08. The van der Waals surface area contributed by atoms with Crippen LogP contribution in [0.5, 0.6) is 5.75 Å². The number of hydrogen-bond donors (Lipinski definition) is 2. The molecule has 2 rings (SSSR count). The molecule has 3 atom stereocenters. The Balaban J connectivity index is 1.70. The third-order valence-electron chi connectivity index (χ3n) is 4.30. The van der Waals surface area contributed by atoms with Crippen molar-refractivity contribution in [2.45, 2.75) is 38.5 Å². The van der Waals surface area contributed by atoms with Gasteiger partial charge in [0.15, 0.2) is 0 Å². The van der Waals surface area contributed by atoms with Gasteiger partial charge < -0.3 is 19.9 Å². The zero-order chi connectivity index (χ0) is 15.5. The Hall–Kier alpha value is -0.620. The van der Waals surface area contributed by atoms with Crippen molar-refractivity contribution in [3.8, 4) is 5.75 Å². The van der Waals surface area contributed by atoms with Gasteiger partial charge in [-0.25, -0.2) is 0 Å². The van der Waals surface area contributed by atoms with Crippen LogP contribution in [0, 0.1) is 5.41 Å². The molecule has 1 aromatic rings. The number of halogens is 1. The predicted octanol–water partition coefficient (Wildman–Crippen LogP) is 2.59. The van der Waals surface area contributed by atoms with E-state index in [1.165, 1.54) is 0 Å². The van der Waals surface area contributed by atoms with E-state index in [1.54, 1.807) is 7.11 Å². The zero-order valence-corrected chi connectivity index (χ0v) is 14.4. The summed E-state index contributed by atoms with van der Waals surface area (Å²) < 4.78 is 12.0. The standard InChI is InChI=1S/C16H24BrNO3/c1-16(2)14(8-15(16)20-3)18-9-12(19)10-21-13-6-4-5-11(17)7-13/h4-7,12,14-15,18-19H,8-10H2,1-3H3. The molecule has 3 unspecified atom stereocenters. The van der Waals surface area contributed by atoms with Crippen LogP contribution in [0.4, 0.5) is 0 Å². The molecule has 0 spiro atoms. The van der Waals surface area contributed by atoms with Gasteiger partial charge in [-0.15, -0.1) is 0 Å². The van der Waals surface area contributed by atoms with Gasteiger partial charge in [0.05, 0.1) is 6.10 Å². The van der Waals surface area contributed by atoms with Crippen LogP contribution in [-0.4, -0.2) is 43.6 Å². The SMILES string of the molecule is COC1CC(NCC(O)COc2cccc(Br)c2)C1(C)C. The van der Waals surface area contributed by atoms with E-state index in [-0.39, 0.29) is 12.0 Å². The van der Waals surface area contributed by atoms with Crippen LogP contribution in [0.15, 0.2) is 28.7 Å². The van der Waals surface area contributed by atoms with Gasteiger partial charge >= 0.3 is 0 Å². The van der Waals surface area contributed by atoms with Crippen molar-refractivity contribution in [1.82, 2.24) is 5.32 Å². The molecule has 4 nitrogen and oxygen atoms in total. The molecule has 1 fully saturated rings. The minimum absolute atomic E-state index is 0.111. The highest BCUT2D eigenvalue weighted by atomic mass is 79.9. The van der Waals surface area contributed by atoms with Crippen LogP contribution < -0.4 is 10.1 Å². The first-order valence-electron chi connectivity index (χ1n) is 7.26. The van der Waals surface area contributed by atoms with Crippen molar-refractivity contribution in [2.75, 3.05) is 20.3 Å². The summed E-state index contributed by atoms with van der Waals surface area (Å²) in [6, 6.07) is 7.99. The number of hydrogen-bond acceptors (Lipinski definition) is 4. The lowest BCUT2D eigenvalue weighted by Gasteiger charge is -2.51. The molecule has 1 aliphatic carbocycles. The summed E-state index contributed by atoms with van der Waals surface area (Å²) in [5, 5.41) is 13.4. The fourth-order valence-electron chi connectivity index (χ4n) is 2.72. The monoisotopic (exact) mass is 357 g/mol.